The summed E-state index contributed by atoms with van der Waals surface area (Å²) >= 11 is 1.28. The minimum atomic E-state index is -0.116. The minimum absolute atomic E-state index is 0.0696. The second-order valence-electron chi connectivity index (χ2n) is 7.88. The maximum atomic E-state index is 12.6. The third-order valence-electron chi connectivity index (χ3n) is 5.61. The van der Waals surface area contributed by atoms with Crippen molar-refractivity contribution in [1.82, 2.24) is 14.8 Å². The Labute approximate surface area is 203 Å². The number of nitrogens with zero attached hydrogens (tertiary/aromatic N) is 3. The van der Waals surface area contributed by atoms with Gasteiger partial charge in [0.05, 0.1) is 6.07 Å². The van der Waals surface area contributed by atoms with E-state index in [0.717, 1.165) is 42.5 Å². The molecule has 3 aromatic rings. The van der Waals surface area contributed by atoms with Crippen molar-refractivity contribution in [3.05, 3.63) is 61.5 Å². The Morgan fingerprint density at radius 2 is 1.91 bits per heavy atom. The van der Waals surface area contributed by atoms with Crippen LogP contribution in [0.5, 0.6) is 0 Å². The fourth-order valence-corrected chi connectivity index (χ4v) is 4.77. The average molecular weight is 478 g/mol. The summed E-state index contributed by atoms with van der Waals surface area (Å²) < 4.78 is 2.76. The fraction of sp³-hybridized carbons (Fsp3) is 0.346. The zero-order valence-electron chi connectivity index (χ0n) is 19.9. The summed E-state index contributed by atoms with van der Waals surface area (Å²) in [7, 11) is 0. The Bertz CT molecular complexity index is 1370. The minimum Gasteiger partial charge on any atom is -0.360 e. The molecule has 0 unspecified atom stereocenters. The highest BCUT2D eigenvalue weighted by Gasteiger charge is 2.08. The van der Waals surface area contributed by atoms with Gasteiger partial charge in [0.1, 0.15) is 9.20 Å². The number of nitriles is 1. The molecule has 0 spiro atoms. The quantitative estimate of drug-likeness (QED) is 0.469. The number of hydrogen-bond acceptors (Lipinski definition) is 6. The van der Waals surface area contributed by atoms with Gasteiger partial charge in [0.15, 0.2) is 0 Å². The van der Waals surface area contributed by atoms with Gasteiger partial charge in [-0.15, -0.1) is 11.3 Å². The van der Waals surface area contributed by atoms with Gasteiger partial charge in [-0.1, -0.05) is 26.0 Å². The van der Waals surface area contributed by atoms with Gasteiger partial charge in [-0.2, -0.15) is 5.26 Å². The summed E-state index contributed by atoms with van der Waals surface area (Å²) in [6.45, 7) is 10.2. The van der Waals surface area contributed by atoms with Gasteiger partial charge < -0.3 is 15.5 Å². The zero-order valence-corrected chi connectivity index (χ0v) is 20.7. The number of carbonyl (C=O) groups is 1. The van der Waals surface area contributed by atoms with Crippen LogP contribution in [0.15, 0.2) is 41.2 Å². The Kier molecular flexibility index (Phi) is 9.02. The first-order valence-electron chi connectivity index (χ1n) is 11.6. The van der Waals surface area contributed by atoms with Crippen LogP contribution in [0.3, 0.4) is 0 Å². The van der Waals surface area contributed by atoms with Gasteiger partial charge in [-0.3, -0.25) is 14.2 Å². The molecule has 0 aliphatic carbocycles. The first-order chi connectivity index (χ1) is 16.5. The van der Waals surface area contributed by atoms with Gasteiger partial charge in [0, 0.05) is 43.2 Å². The van der Waals surface area contributed by atoms with Gasteiger partial charge in [-0.05, 0) is 61.5 Å². The first kappa shape index (κ1) is 25.2. The number of thiazole rings is 1. The molecule has 1 amide bonds. The van der Waals surface area contributed by atoms with Crippen LogP contribution in [0.4, 0.5) is 5.69 Å². The molecule has 7 nitrogen and oxygen atoms in total. The van der Waals surface area contributed by atoms with Gasteiger partial charge >= 0.3 is 0 Å². The van der Waals surface area contributed by atoms with Crippen molar-refractivity contribution >= 4 is 46.0 Å². The largest absolute Gasteiger partial charge is 0.360 e. The van der Waals surface area contributed by atoms with Crippen molar-refractivity contribution in [3.8, 4) is 6.07 Å². The van der Waals surface area contributed by atoms with Crippen LogP contribution in [0.2, 0.25) is 0 Å². The molecule has 2 aromatic carbocycles. The number of nitrogens with one attached hydrogen (secondary N) is 2. The van der Waals surface area contributed by atoms with Crippen LogP contribution in [0, 0.1) is 11.3 Å². The van der Waals surface area contributed by atoms with Crippen molar-refractivity contribution in [1.29, 1.82) is 5.26 Å². The third-order valence-corrected chi connectivity index (χ3v) is 6.67. The summed E-state index contributed by atoms with van der Waals surface area (Å²) in [6.07, 6.45) is 4.17. The van der Waals surface area contributed by atoms with Crippen LogP contribution in [-0.4, -0.2) is 41.6 Å². The van der Waals surface area contributed by atoms with Gasteiger partial charge in [-0.25, -0.2) is 0 Å². The Morgan fingerprint density at radius 1 is 1.15 bits per heavy atom. The Balaban J connectivity index is 1.72. The zero-order chi connectivity index (χ0) is 24.5. The number of likely N-dealkylation sites (N-methyl/N-ethyl adjacent to an activating group) is 1. The van der Waals surface area contributed by atoms with E-state index in [1.165, 1.54) is 17.4 Å². The van der Waals surface area contributed by atoms with Crippen molar-refractivity contribution in [3.63, 3.8) is 0 Å². The standard InChI is InChI=1S/C26H31N5O2S/c1-4-14-30(5-2)15-13-28-25(32)21-8-7-20-17-22(10-9-19(20)16-21)29-18-23-26(33)31(6-3)24(34-23)11-12-27/h7-11,16-18,29H,4-6,13-15H2,1-3H3,(H,28,32)/b23-18+,24-11+. The van der Waals surface area contributed by atoms with E-state index >= 15 is 0 Å². The molecule has 8 heteroatoms. The van der Waals surface area contributed by atoms with E-state index in [4.69, 9.17) is 5.26 Å². The molecule has 0 fully saturated rings. The lowest BCUT2D eigenvalue weighted by Gasteiger charge is -2.19. The fourth-order valence-electron chi connectivity index (χ4n) is 3.80. The van der Waals surface area contributed by atoms with Crippen LogP contribution >= 0.6 is 11.3 Å². The first-order valence-corrected chi connectivity index (χ1v) is 12.4. The highest BCUT2D eigenvalue weighted by atomic mass is 32.1. The van der Waals surface area contributed by atoms with Crippen LogP contribution < -0.4 is 25.4 Å². The highest BCUT2D eigenvalue weighted by molar-refractivity contribution is 7.07. The molecule has 0 aliphatic rings. The molecule has 1 heterocycles. The van der Waals surface area contributed by atoms with Crippen LogP contribution in [0.1, 0.15) is 37.6 Å². The Morgan fingerprint density at radius 3 is 2.62 bits per heavy atom. The molecule has 0 radical (unpaired) electrons. The lowest BCUT2D eigenvalue weighted by atomic mass is 10.1. The van der Waals surface area contributed by atoms with Crippen molar-refractivity contribution in [2.24, 2.45) is 0 Å². The molecule has 2 N–H and O–H groups in total. The van der Waals surface area contributed by atoms with E-state index in [-0.39, 0.29) is 11.5 Å². The number of hydrogen-bond donors (Lipinski definition) is 2. The number of amides is 1. The lowest BCUT2D eigenvalue weighted by Crippen LogP contribution is -2.35. The van der Waals surface area contributed by atoms with Crippen LogP contribution in [-0.2, 0) is 6.54 Å². The summed E-state index contributed by atoms with van der Waals surface area (Å²) in [5.74, 6) is -0.0696. The molecule has 0 aliphatic heterocycles. The number of aromatic nitrogens is 1. The molecule has 178 valence electrons. The summed E-state index contributed by atoms with van der Waals surface area (Å²) in [6, 6.07) is 13.5. The van der Waals surface area contributed by atoms with Crippen LogP contribution in [0.25, 0.3) is 23.0 Å². The van der Waals surface area contributed by atoms with E-state index in [0.29, 0.717) is 27.8 Å². The molecule has 34 heavy (non-hydrogen) atoms. The van der Waals surface area contributed by atoms with E-state index in [2.05, 4.69) is 29.4 Å². The molecular formula is C26H31N5O2S. The average Bonchev–Trinajstić information content (AvgIpc) is 3.15. The number of benzene rings is 2. The normalized spacial score (nSPS) is 12.3. The summed E-state index contributed by atoms with van der Waals surface area (Å²) in [4.78, 5) is 27.4. The molecule has 0 atom stereocenters. The SMILES string of the molecule is CCCN(CC)CCNC(=O)c1ccc2cc(N/C=c3/s/c(=C/C#N)n(CC)c3=O)ccc2c1. The third kappa shape index (κ3) is 6.13. The smallest absolute Gasteiger partial charge is 0.270 e. The van der Waals surface area contributed by atoms with E-state index in [1.54, 1.807) is 10.8 Å². The lowest BCUT2D eigenvalue weighted by molar-refractivity contribution is 0.0948. The van der Waals surface area contributed by atoms with Gasteiger partial charge in [0.2, 0.25) is 0 Å². The molecular weight excluding hydrogens is 446 g/mol. The van der Waals surface area contributed by atoms with E-state index < -0.39 is 0 Å². The van der Waals surface area contributed by atoms with Gasteiger partial charge in [0.25, 0.3) is 11.5 Å². The highest BCUT2D eigenvalue weighted by Crippen LogP contribution is 2.20. The Hall–Kier alpha value is -3.41. The molecule has 0 bridgehead atoms. The summed E-state index contributed by atoms with van der Waals surface area (Å²) in [5, 5.41) is 17.1. The van der Waals surface area contributed by atoms with Crippen molar-refractivity contribution in [2.45, 2.75) is 33.7 Å². The number of rotatable bonds is 10. The van der Waals surface area contributed by atoms with Crippen molar-refractivity contribution < 1.29 is 4.79 Å². The second kappa shape index (κ2) is 12.2. The molecule has 0 saturated carbocycles. The maximum absolute atomic E-state index is 12.6. The molecule has 3 rings (SSSR count). The van der Waals surface area contributed by atoms with E-state index in [1.807, 2.05) is 49.4 Å². The summed E-state index contributed by atoms with van der Waals surface area (Å²) in [5.41, 5.74) is 1.36. The molecule has 1 aromatic heterocycles. The number of fused-ring (bicyclic) bond motifs is 1. The van der Waals surface area contributed by atoms with E-state index in [9.17, 15) is 9.59 Å². The number of anilines is 1. The predicted octanol–water partition coefficient (Wildman–Crippen LogP) is 2.70. The predicted molar refractivity (Wildman–Crippen MR) is 140 cm³/mol. The number of carbonyl (C=O) groups excluding carboxylic acids is 1. The second-order valence-corrected chi connectivity index (χ2v) is 8.95. The topological polar surface area (TPSA) is 90.2 Å². The van der Waals surface area contributed by atoms with Crippen molar-refractivity contribution in [2.75, 3.05) is 31.5 Å². The monoisotopic (exact) mass is 477 g/mol. The maximum Gasteiger partial charge on any atom is 0.270 e. The molecule has 0 saturated heterocycles.